The summed E-state index contributed by atoms with van der Waals surface area (Å²) in [6.45, 7) is 4.54. The molecule has 0 aliphatic carbocycles. The molecule has 0 fully saturated rings. The third kappa shape index (κ3) is 3.06. The van der Waals surface area contributed by atoms with E-state index in [-0.39, 0.29) is 17.4 Å². The van der Waals surface area contributed by atoms with Gasteiger partial charge in [-0.05, 0) is 43.7 Å². The molecule has 1 aromatic heterocycles. The van der Waals surface area contributed by atoms with Crippen LogP contribution in [0.3, 0.4) is 0 Å². The molecule has 100 valence electrons. The Hall–Kier alpha value is -2.01. The predicted octanol–water partition coefficient (Wildman–Crippen LogP) is 2.71. The fraction of sp³-hybridized carbons (Fsp3) is 0.214. The van der Waals surface area contributed by atoms with Crippen molar-refractivity contribution in [1.82, 2.24) is 5.32 Å². The Morgan fingerprint density at radius 2 is 1.95 bits per heavy atom. The maximum Gasteiger partial charge on any atom is 0.251 e. The number of phenols is 2. The first-order valence-corrected chi connectivity index (χ1v) is 6.65. The minimum atomic E-state index is -0.296. The van der Waals surface area contributed by atoms with Gasteiger partial charge in [-0.2, -0.15) is 0 Å². The van der Waals surface area contributed by atoms with Crippen molar-refractivity contribution in [3.8, 4) is 11.5 Å². The molecule has 0 bridgehead atoms. The van der Waals surface area contributed by atoms with Crippen LogP contribution in [0.25, 0.3) is 0 Å². The molecular weight excluding hydrogens is 262 g/mol. The Bertz CT molecular complexity index is 600. The minimum absolute atomic E-state index is 0.235. The molecule has 0 aliphatic rings. The highest BCUT2D eigenvalue weighted by molar-refractivity contribution is 7.12. The second kappa shape index (κ2) is 5.32. The summed E-state index contributed by atoms with van der Waals surface area (Å²) in [4.78, 5) is 14.2. The van der Waals surface area contributed by atoms with E-state index in [0.29, 0.717) is 12.1 Å². The number of thiophene rings is 1. The number of carbonyl (C=O) groups excluding carboxylic acids is 1. The molecule has 0 radical (unpaired) electrons. The van der Waals surface area contributed by atoms with Crippen molar-refractivity contribution in [2.24, 2.45) is 0 Å². The molecule has 0 saturated heterocycles. The Balaban J connectivity index is 2.03. The van der Waals surface area contributed by atoms with Gasteiger partial charge in [0, 0.05) is 15.3 Å². The molecule has 1 heterocycles. The Kier molecular flexibility index (Phi) is 3.76. The number of amides is 1. The van der Waals surface area contributed by atoms with Gasteiger partial charge in [-0.1, -0.05) is 0 Å². The molecule has 4 nitrogen and oxygen atoms in total. The lowest BCUT2D eigenvalue weighted by atomic mass is 10.2. The van der Waals surface area contributed by atoms with E-state index in [1.165, 1.54) is 28.6 Å². The number of rotatable bonds is 3. The second-order valence-electron chi connectivity index (χ2n) is 4.34. The number of nitrogens with one attached hydrogen (secondary N) is 1. The molecule has 2 rings (SSSR count). The number of phenolic OH excluding ortho intramolecular Hbond substituents is 2. The maximum atomic E-state index is 11.9. The SMILES string of the molecule is Cc1cc(CNC(=O)c2ccc(O)c(O)c2)sc1C. The summed E-state index contributed by atoms with van der Waals surface area (Å²) in [6, 6.07) is 6.06. The first-order valence-electron chi connectivity index (χ1n) is 5.83. The summed E-state index contributed by atoms with van der Waals surface area (Å²) in [5, 5.41) is 21.3. The molecule has 19 heavy (non-hydrogen) atoms. The minimum Gasteiger partial charge on any atom is -0.504 e. The summed E-state index contributed by atoms with van der Waals surface area (Å²) in [7, 11) is 0. The summed E-state index contributed by atoms with van der Waals surface area (Å²) in [5.41, 5.74) is 1.54. The zero-order chi connectivity index (χ0) is 14.0. The average Bonchev–Trinajstić information content (AvgIpc) is 2.69. The number of hydrogen-bond acceptors (Lipinski definition) is 4. The first kappa shape index (κ1) is 13.4. The van der Waals surface area contributed by atoms with E-state index in [4.69, 9.17) is 0 Å². The van der Waals surface area contributed by atoms with Gasteiger partial charge in [0.15, 0.2) is 11.5 Å². The van der Waals surface area contributed by atoms with E-state index in [1.54, 1.807) is 11.3 Å². The molecule has 0 unspecified atom stereocenters. The Labute approximate surface area is 115 Å². The van der Waals surface area contributed by atoms with Crippen molar-refractivity contribution in [3.63, 3.8) is 0 Å². The third-order valence-corrected chi connectivity index (χ3v) is 4.03. The van der Waals surface area contributed by atoms with Gasteiger partial charge in [-0.15, -0.1) is 11.3 Å². The molecule has 0 saturated carbocycles. The van der Waals surface area contributed by atoms with Crippen LogP contribution >= 0.6 is 11.3 Å². The fourth-order valence-electron chi connectivity index (χ4n) is 1.67. The van der Waals surface area contributed by atoms with Gasteiger partial charge in [0.05, 0.1) is 6.54 Å². The number of aromatic hydroxyl groups is 2. The highest BCUT2D eigenvalue weighted by atomic mass is 32.1. The lowest BCUT2D eigenvalue weighted by Crippen LogP contribution is -2.22. The molecule has 1 amide bonds. The van der Waals surface area contributed by atoms with Gasteiger partial charge in [-0.3, -0.25) is 4.79 Å². The van der Waals surface area contributed by atoms with E-state index in [0.717, 1.165) is 4.88 Å². The molecule has 5 heteroatoms. The summed E-state index contributed by atoms with van der Waals surface area (Å²) in [5.74, 6) is -0.810. The zero-order valence-corrected chi connectivity index (χ0v) is 11.5. The predicted molar refractivity (Wildman–Crippen MR) is 74.7 cm³/mol. The van der Waals surface area contributed by atoms with Gasteiger partial charge in [0.2, 0.25) is 0 Å². The van der Waals surface area contributed by atoms with Gasteiger partial charge in [0.1, 0.15) is 0 Å². The summed E-state index contributed by atoms with van der Waals surface area (Å²) < 4.78 is 0. The van der Waals surface area contributed by atoms with Crippen molar-refractivity contribution < 1.29 is 15.0 Å². The van der Waals surface area contributed by atoms with E-state index in [1.807, 2.05) is 13.8 Å². The van der Waals surface area contributed by atoms with Crippen molar-refractivity contribution >= 4 is 17.2 Å². The van der Waals surface area contributed by atoms with Crippen LogP contribution in [0.5, 0.6) is 11.5 Å². The number of carbonyl (C=O) groups is 1. The lowest BCUT2D eigenvalue weighted by molar-refractivity contribution is 0.0951. The number of aryl methyl sites for hydroxylation is 2. The largest absolute Gasteiger partial charge is 0.504 e. The third-order valence-electron chi connectivity index (χ3n) is 2.88. The van der Waals surface area contributed by atoms with E-state index in [2.05, 4.69) is 11.4 Å². The van der Waals surface area contributed by atoms with Crippen LogP contribution in [0, 0.1) is 13.8 Å². The Morgan fingerprint density at radius 3 is 2.53 bits per heavy atom. The fourth-order valence-corrected chi connectivity index (χ4v) is 2.66. The highest BCUT2D eigenvalue weighted by Crippen LogP contribution is 2.25. The van der Waals surface area contributed by atoms with Gasteiger partial charge in [0.25, 0.3) is 5.91 Å². The second-order valence-corrected chi connectivity index (χ2v) is 5.68. The van der Waals surface area contributed by atoms with Crippen LogP contribution in [-0.4, -0.2) is 16.1 Å². The van der Waals surface area contributed by atoms with Crippen molar-refractivity contribution in [2.75, 3.05) is 0 Å². The van der Waals surface area contributed by atoms with Crippen molar-refractivity contribution in [2.45, 2.75) is 20.4 Å². The summed E-state index contributed by atoms with van der Waals surface area (Å²) >= 11 is 1.65. The molecule has 0 spiro atoms. The van der Waals surface area contributed by atoms with Gasteiger partial charge >= 0.3 is 0 Å². The van der Waals surface area contributed by atoms with Crippen LogP contribution in [0.4, 0.5) is 0 Å². The maximum absolute atomic E-state index is 11.9. The Morgan fingerprint density at radius 1 is 1.21 bits per heavy atom. The van der Waals surface area contributed by atoms with Crippen LogP contribution in [0.1, 0.15) is 25.7 Å². The molecule has 0 aliphatic heterocycles. The van der Waals surface area contributed by atoms with E-state index < -0.39 is 0 Å². The average molecular weight is 277 g/mol. The lowest BCUT2D eigenvalue weighted by Gasteiger charge is -2.05. The van der Waals surface area contributed by atoms with E-state index >= 15 is 0 Å². The monoisotopic (exact) mass is 277 g/mol. The van der Waals surface area contributed by atoms with Crippen LogP contribution in [0.15, 0.2) is 24.3 Å². The van der Waals surface area contributed by atoms with Gasteiger partial charge < -0.3 is 15.5 Å². The molecule has 2 aromatic rings. The van der Waals surface area contributed by atoms with Crippen LogP contribution in [-0.2, 0) is 6.54 Å². The molecule has 1 aromatic carbocycles. The number of benzene rings is 1. The van der Waals surface area contributed by atoms with E-state index in [9.17, 15) is 15.0 Å². The molecule has 0 atom stereocenters. The quantitative estimate of drug-likeness (QED) is 0.755. The number of hydrogen-bond donors (Lipinski definition) is 3. The van der Waals surface area contributed by atoms with Gasteiger partial charge in [-0.25, -0.2) is 0 Å². The first-order chi connectivity index (χ1) is 8.97. The zero-order valence-electron chi connectivity index (χ0n) is 10.7. The topological polar surface area (TPSA) is 69.6 Å². The highest BCUT2D eigenvalue weighted by Gasteiger charge is 2.09. The normalized spacial score (nSPS) is 10.4. The summed E-state index contributed by atoms with van der Waals surface area (Å²) in [6.07, 6.45) is 0. The van der Waals surface area contributed by atoms with Crippen LogP contribution in [0.2, 0.25) is 0 Å². The van der Waals surface area contributed by atoms with Crippen LogP contribution < -0.4 is 5.32 Å². The van der Waals surface area contributed by atoms with Crippen molar-refractivity contribution in [3.05, 3.63) is 45.1 Å². The molecule has 3 N–H and O–H groups in total. The van der Waals surface area contributed by atoms with Crippen molar-refractivity contribution in [1.29, 1.82) is 0 Å². The molecular formula is C14H15NO3S. The smallest absolute Gasteiger partial charge is 0.251 e. The standard InChI is InChI=1S/C14H15NO3S/c1-8-5-11(19-9(8)2)7-15-14(18)10-3-4-12(16)13(17)6-10/h3-6,16-17H,7H2,1-2H3,(H,15,18).